The Morgan fingerprint density at radius 2 is 1.75 bits per heavy atom. The van der Waals surface area contributed by atoms with Crippen molar-refractivity contribution in [2.24, 2.45) is 0 Å². The zero-order valence-corrected chi connectivity index (χ0v) is 15.3. The molecule has 0 spiro atoms. The third kappa shape index (κ3) is 3.39. The van der Waals surface area contributed by atoms with Gasteiger partial charge in [-0.05, 0) is 36.4 Å². The highest BCUT2D eigenvalue weighted by Crippen LogP contribution is 2.23. The van der Waals surface area contributed by atoms with Gasteiger partial charge in [-0.2, -0.15) is 0 Å². The third-order valence-electron chi connectivity index (χ3n) is 4.78. The van der Waals surface area contributed by atoms with E-state index in [9.17, 15) is 0 Å². The second kappa shape index (κ2) is 7.28. The van der Waals surface area contributed by atoms with Crippen LogP contribution >= 0.6 is 0 Å². The minimum atomic E-state index is 0.678. The van der Waals surface area contributed by atoms with Crippen molar-refractivity contribution in [3.05, 3.63) is 60.9 Å². The van der Waals surface area contributed by atoms with Gasteiger partial charge in [0, 0.05) is 24.5 Å². The van der Waals surface area contributed by atoms with Crippen molar-refractivity contribution in [1.29, 1.82) is 0 Å². The molecule has 0 bridgehead atoms. The quantitative estimate of drug-likeness (QED) is 0.570. The zero-order valence-electron chi connectivity index (χ0n) is 15.3. The van der Waals surface area contributed by atoms with Gasteiger partial charge in [-0.25, -0.2) is 9.97 Å². The average Bonchev–Trinajstić information content (AvgIpc) is 3.20. The molecule has 2 N–H and O–H groups in total. The normalized spacial score (nSPS) is 14.4. The van der Waals surface area contributed by atoms with E-state index >= 15 is 0 Å². The van der Waals surface area contributed by atoms with E-state index in [-0.39, 0.29) is 0 Å². The highest BCUT2D eigenvalue weighted by Gasteiger charge is 2.11. The lowest BCUT2D eigenvalue weighted by atomic mass is 10.2. The van der Waals surface area contributed by atoms with E-state index in [2.05, 4.69) is 54.4 Å². The van der Waals surface area contributed by atoms with Crippen LogP contribution in [-0.2, 0) is 4.74 Å². The summed E-state index contributed by atoms with van der Waals surface area (Å²) in [7, 11) is 0. The van der Waals surface area contributed by atoms with Crippen LogP contribution in [0.4, 0.5) is 17.2 Å². The summed E-state index contributed by atoms with van der Waals surface area (Å²) in [6.45, 7) is 3.42. The van der Waals surface area contributed by atoms with Crippen molar-refractivity contribution in [3.8, 4) is 11.5 Å². The molecule has 2 aromatic carbocycles. The number of H-pyrrole nitrogens is 1. The first kappa shape index (κ1) is 16.7. The van der Waals surface area contributed by atoms with E-state index in [1.807, 2.05) is 24.3 Å². The molecule has 0 unspecified atom stereocenters. The predicted octanol–water partition coefficient (Wildman–Crippen LogP) is 3.60. The highest BCUT2D eigenvalue weighted by molar-refractivity contribution is 5.78. The summed E-state index contributed by atoms with van der Waals surface area (Å²) in [6.07, 6.45) is 3.42. The molecule has 7 heteroatoms. The Labute approximate surface area is 162 Å². The Balaban J connectivity index is 1.35. The van der Waals surface area contributed by atoms with Gasteiger partial charge in [0.1, 0.15) is 11.5 Å². The van der Waals surface area contributed by atoms with Gasteiger partial charge >= 0.3 is 0 Å². The van der Waals surface area contributed by atoms with E-state index in [0.29, 0.717) is 17.3 Å². The van der Waals surface area contributed by atoms with E-state index in [1.165, 1.54) is 5.69 Å². The third-order valence-corrected chi connectivity index (χ3v) is 4.78. The fraction of sp³-hybridized carbons (Fsp3) is 0.190. The summed E-state index contributed by atoms with van der Waals surface area (Å²) in [6, 6.07) is 16.3. The molecular formula is C21H20N6O. The van der Waals surface area contributed by atoms with Crippen LogP contribution in [0.1, 0.15) is 0 Å². The number of aromatic amines is 1. The van der Waals surface area contributed by atoms with Gasteiger partial charge < -0.3 is 19.9 Å². The number of ether oxygens (including phenoxy) is 1. The van der Waals surface area contributed by atoms with Crippen LogP contribution in [0, 0.1) is 0 Å². The molecule has 1 saturated heterocycles. The number of benzene rings is 2. The van der Waals surface area contributed by atoms with Gasteiger partial charge in [0.2, 0.25) is 0 Å². The summed E-state index contributed by atoms with van der Waals surface area (Å²) in [4.78, 5) is 19.2. The van der Waals surface area contributed by atoms with Crippen LogP contribution < -0.4 is 10.2 Å². The van der Waals surface area contributed by atoms with Crippen LogP contribution in [0.3, 0.4) is 0 Å². The lowest BCUT2D eigenvalue weighted by molar-refractivity contribution is 0.122. The maximum absolute atomic E-state index is 5.41. The second-order valence-corrected chi connectivity index (χ2v) is 6.66. The molecule has 0 saturated carbocycles. The van der Waals surface area contributed by atoms with Crippen LogP contribution in [0.2, 0.25) is 0 Å². The number of morpholine rings is 1. The molecule has 28 heavy (non-hydrogen) atoms. The molecule has 1 aliphatic heterocycles. The highest BCUT2D eigenvalue weighted by atomic mass is 16.5. The van der Waals surface area contributed by atoms with Crippen molar-refractivity contribution >= 4 is 28.2 Å². The zero-order chi connectivity index (χ0) is 18.8. The van der Waals surface area contributed by atoms with Gasteiger partial charge in [0.05, 0.1) is 36.6 Å². The molecule has 2 aromatic heterocycles. The molecular weight excluding hydrogens is 352 g/mol. The van der Waals surface area contributed by atoms with Gasteiger partial charge in [-0.3, -0.25) is 4.98 Å². The molecule has 3 heterocycles. The molecule has 1 fully saturated rings. The lowest BCUT2D eigenvalue weighted by Gasteiger charge is -2.28. The smallest absolute Gasteiger partial charge is 0.158 e. The predicted molar refractivity (Wildman–Crippen MR) is 110 cm³/mol. The number of nitrogens with zero attached hydrogens (tertiary/aromatic N) is 4. The molecule has 4 aromatic rings. The van der Waals surface area contributed by atoms with E-state index in [0.717, 1.165) is 43.0 Å². The number of nitrogens with one attached hydrogen (secondary N) is 2. The first-order valence-corrected chi connectivity index (χ1v) is 9.32. The van der Waals surface area contributed by atoms with Crippen molar-refractivity contribution in [3.63, 3.8) is 0 Å². The number of hydrogen-bond acceptors (Lipinski definition) is 6. The fourth-order valence-electron chi connectivity index (χ4n) is 3.34. The molecule has 5 rings (SSSR count). The first-order valence-electron chi connectivity index (χ1n) is 9.32. The number of aromatic nitrogens is 4. The van der Waals surface area contributed by atoms with Crippen LogP contribution in [0.15, 0.2) is 60.9 Å². The maximum Gasteiger partial charge on any atom is 0.158 e. The Kier molecular flexibility index (Phi) is 4.34. The van der Waals surface area contributed by atoms with Crippen molar-refractivity contribution in [2.75, 3.05) is 36.5 Å². The largest absolute Gasteiger partial charge is 0.378 e. The first-order chi connectivity index (χ1) is 13.8. The van der Waals surface area contributed by atoms with Crippen molar-refractivity contribution in [1.82, 2.24) is 19.9 Å². The monoisotopic (exact) mass is 372 g/mol. The molecule has 140 valence electrons. The summed E-state index contributed by atoms with van der Waals surface area (Å²) in [5.74, 6) is 1.39. The van der Waals surface area contributed by atoms with Gasteiger partial charge in [0.15, 0.2) is 5.82 Å². The maximum atomic E-state index is 5.41. The molecule has 0 amide bonds. The number of rotatable bonds is 4. The molecule has 7 nitrogen and oxygen atoms in total. The summed E-state index contributed by atoms with van der Waals surface area (Å²) < 4.78 is 5.41. The van der Waals surface area contributed by atoms with Gasteiger partial charge in [0.25, 0.3) is 0 Å². The minimum Gasteiger partial charge on any atom is -0.378 e. The summed E-state index contributed by atoms with van der Waals surface area (Å²) >= 11 is 0. The molecule has 0 aliphatic carbocycles. The Morgan fingerprint density at radius 1 is 0.929 bits per heavy atom. The fourth-order valence-corrected chi connectivity index (χ4v) is 3.34. The van der Waals surface area contributed by atoms with Gasteiger partial charge in [-0.1, -0.05) is 12.1 Å². The molecule has 1 aliphatic rings. The minimum absolute atomic E-state index is 0.678. The topological polar surface area (TPSA) is 79.0 Å². The number of imidazole rings is 1. The molecule has 0 atom stereocenters. The average molecular weight is 372 g/mol. The van der Waals surface area contributed by atoms with Crippen LogP contribution in [0.25, 0.3) is 22.6 Å². The van der Waals surface area contributed by atoms with E-state index in [1.54, 1.807) is 12.4 Å². The SMILES string of the molecule is c1ccc2[nH]c(-c3cncc(Nc4ccc(N5CCOCC5)cc4)n3)nc2c1. The Morgan fingerprint density at radius 3 is 2.57 bits per heavy atom. The van der Waals surface area contributed by atoms with E-state index < -0.39 is 0 Å². The van der Waals surface area contributed by atoms with Crippen molar-refractivity contribution in [2.45, 2.75) is 0 Å². The molecule has 0 radical (unpaired) electrons. The second-order valence-electron chi connectivity index (χ2n) is 6.66. The standard InChI is InChI=1S/C21H20N6O/c1-2-4-18-17(3-1)25-21(26-18)19-13-22-14-20(24-19)23-15-5-7-16(8-6-15)27-9-11-28-12-10-27/h1-8,13-14H,9-12H2,(H,23,24)(H,25,26). The summed E-state index contributed by atoms with van der Waals surface area (Å²) in [5, 5.41) is 3.32. The van der Waals surface area contributed by atoms with Crippen LogP contribution in [0.5, 0.6) is 0 Å². The lowest BCUT2D eigenvalue weighted by Crippen LogP contribution is -2.36. The van der Waals surface area contributed by atoms with Crippen LogP contribution in [-0.4, -0.2) is 46.2 Å². The summed E-state index contributed by atoms with van der Waals surface area (Å²) in [5.41, 5.74) is 4.77. The van der Waals surface area contributed by atoms with Gasteiger partial charge in [-0.15, -0.1) is 0 Å². The number of hydrogen-bond donors (Lipinski definition) is 2. The Bertz CT molecular complexity index is 1050. The van der Waals surface area contributed by atoms with Crippen molar-refractivity contribution < 1.29 is 4.74 Å². The van der Waals surface area contributed by atoms with E-state index in [4.69, 9.17) is 4.74 Å². The number of para-hydroxylation sites is 2. The Hall–Kier alpha value is -3.45. The number of fused-ring (bicyclic) bond motifs is 1. The number of anilines is 3.